The monoisotopic (exact) mass is 201 g/mol. The Hall–Kier alpha value is -0.0800. The van der Waals surface area contributed by atoms with Gasteiger partial charge in [-0.2, -0.15) is 0 Å². The van der Waals surface area contributed by atoms with Crippen LogP contribution in [-0.2, 0) is 0 Å². The van der Waals surface area contributed by atoms with E-state index in [0.29, 0.717) is 0 Å². The normalized spacial score (nSPS) is 18.4. The minimum absolute atomic E-state index is 0.0566. The van der Waals surface area contributed by atoms with Gasteiger partial charge in [0.05, 0.1) is 6.10 Å². The Bertz CT molecular complexity index is 156. The van der Waals surface area contributed by atoms with Crippen LogP contribution in [0.2, 0.25) is 0 Å². The molecule has 0 saturated carbocycles. The summed E-state index contributed by atoms with van der Waals surface area (Å²) >= 11 is 0. The van der Waals surface area contributed by atoms with Gasteiger partial charge in [-0.1, -0.05) is 20.8 Å². The summed E-state index contributed by atoms with van der Waals surface area (Å²) in [5.41, 5.74) is 0.0462. The number of nitrogens with zero attached hydrogens (tertiary/aromatic N) is 1. The average molecular weight is 201 g/mol. The molecule has 0 amide bonds. The zero-order valence-corrected chi connectivity index (χ0v) is 11.0. The van der Waals surface area contributed by atoms with E-state index in [-0.39, 0.29) is 23.1 Å². The Morgan fingerprint density at radius 3 is 1.57 bits per heavy atom. The molecule has 0 aromatic rings. The lowest BCUT2D eigenvalue weighted by atomic mass is 9.84. The largest absolute Gasteiger partial charge is 0.391 e. The first-order valence-electron chi connectivity index (χ1n) is 5.39. The maximum Gasteiger partial charge on any atom is 0.0740 e. The first-order valence-corrected chi connectivity index (χ1v) is 5.39. The fraction of sp³-hybridized carbons (Fsp3) is 1.00. The topological polar surface area (TPSA) is 23.5 Å². The van der Waals surface area contributed by atoms with Crippen molar-refractivity contribution in [3.63, 3.8) is 0 Å². The van der Waals surface area contributed by atoms with Gasteiger partial charge in [-0.15, -0.1) is 0 Å². The molecule has 2 heteroatoms. The summed E-state index contributed by atoms with van der Waals surface area (Å²) in [7, 11) is 2.07. The van der Waals surface area contributed by atoms with Gasteiger partial charge >= 0.3 is 0 Å². The summed E-state index contributed by atoms with van der Waals surface area (Å²) in [6.45, 7) is 14.8. The third kappa shape index (κ3) is 3.58. The Labute approximate surface area is 89.3 Å². The van der Waals surface area contributed by atoms with E-state index in [1.807, 2.05) is 0 Å². The van der Waals surface area contributed by atoms with Crippen LogP contribution in [0.15, 0.2) is 0 Å². The summed E-state index contributed by atoms with van der Waals surface area (Å²) < 4.78 is 0. The van der Waals surface area contributed by atoms with Gasteiger partial charge in [0.1, 0.15) is 0 Å². The Morgan fingerprint density at radius 2 is 1.36 bits per heavy atom. The molecule has 0 aliphatic heterocycles. The Kier molecular flexibility index (Phi) is 4.17. The van der Waals surface area contributed by atoms with Crippen LogP contribution < -0.4 is 0 Å². The minimum Gasteiger partial charge on any atom is -0.391 e. The molecule has 0 aromatic heterocycles. The summed E-state index contributed by atoms with van der Waals surface area (Å²) in [6, 6.07) is 0.176. The van der Waals surface area contributed by atoms with Gasteiger partial charge in [-0.3, -0.25) is 4.90 Å². The van der Waals surface area contributed by atoms with Crippen LogP contribution in [0.1, 0.15) is 48.5 Å². The van der Waals surface area contributed by atoms with Crippen molar-refractivity contribution in [3.05, 3.63) is 0 Å². The van der Waals surface area contributed by atoms with Crippen molar-refractivity contribution < 1.29 is 5.11 Å². The third-order valence-corrected chi connectivity index (χ3v) is 3.01. The molecule has 2 nitrogen and oxygen atoms in total. The van der Waals surface area contributed by atoms with E-state index in [0.717, 1.165) is 0 Å². The van der Waals surface area contributed by atoms with Crippen LogP contribution in [-0.4, -0.2) is 34.7 Å². The lowest BCUT2D eigenvalue weighted by Gasteiger charge is -2.42. The molecule has 0 bridgehead atoms. The SMILES string of the molecule is C[C@@H]([C@@H](O)C(C)(C)C)N(C)C(C)(C)C. The van der Waals surface area contributed by atoms with E-state index in [1.54, 1.807) is 0 Å². The van der Waals surface area contributed by atoms with Crippen molar-refractivity contribution in [2.24, 2.45) is 5.41 Å². The Morgan fingerprint density at radius 1 is 1.00 bits per heavy atom. The maximum absolute atomic E-state index is 10.1. The molecule has 0 heterocycles. The molecule has 0 aliphatic carbocycles. The highest BCUT2D eigenvalue weighted by Gasteiger charge is 2.33. The fourth-order valence-corrected chi connectivity index (χ4v) is 1.55. The summed E-state index contributed by atoms with van der Waals surface area (Å²) in [5.74, 6) is 0. The molecule has 0 aliphatic rings. The molecule has 86 valence electrons. The summed E-state index contributed by atoms with van der Waals surface area (Å²) in [5, 5.41) is 10.1. The highest BCUT2D eigenvalue weighted by Crippen LogP contribution is 2.26. The van der Waals surface area contributed by atoms with E-state index >= 15 is 0 Å². The van der Waals surface area contributed by atoms with Crippen molar-refractivity contribution in [3.8, 4) is 0 Å². The van der Waals surface area contributed by atoms with Gasteiger partial charge in [0.15, 0.2) is 0 Å². The number of hydrogen-bond acceptors (Lipinski definition) is 2. The third-order valence-electron chi connectivity index (χ3n) is 3.01. The van der Waals surface area contributed by atoms with Gasteiger partial charge in [0, 0.05) is 11.6 Å². The van der Waals surface area contributed by atoms with Crippen LogP contribution in [0.4, 0.5) is 0 Å². The molecule has 0 unspecified atom stereocenters. The molecule has 0 spiro atoms. The van der Waals surface area contributed by atoms with Gasteiger partial charge in [-0.25, -0.2) is 0 Å². The van der Waals surface area contributed by atoms with Crippen LogP contribution in [0.5, 0.6) is 0 Å². The second-order valence-corrected chi connectivity index (χ2v) is 6.33. The van der Waals surface area contributed by atoms with Crippen molar-refractivity contribution in [2.45, 2.75) is 66.2 Å². The number of aliphatic hydroxyl groups is 1. The first kappa shape index (κ1) is 13.9. The van der Waals surface area contributed by atoms with Gasteiger partial charge in [0.25, 0.3) is 0 Å². The second-order valence-electron chi connectivity index (χ2n) is 6.33. The maximum atomic E-state index is 10.1. The quantitative estimate of drug-likeness (QED) is 0.742. The number of rotatable bonds is 2. The zero-order valence-electron chi connectivity index (χ0n) is 11.0. The highest BCUT2D eigenvalue weighted by molar-refractivity contribution is 4.87. The smallest absolute Gasteiger partial charge is 0.0740 e. The van der Waals surface area contributed by atoms with Crippen molar-refractivity contribution in [1.29, 1.82) is 0 Å². The molecule has 0 rings (SSSR count). The lowest BCUT2D eigenvalue weighted by Crippen LogP contribution is -2.52. The van der Waals surface area contributed by atoms with E-state index in [4.69, 9.17) is 0 Å². The summed E-state index contributed by atoms with van der Waals surface area (Å²) in [6.07, 6.45) is -0.299. The van der Waals surface area contributed by atoms with Crippen molar-refractivity contribution >= 4 is 0 Å². The van der Waals surface area contributed by atoms with Crippen molar-refractivity contribution in [2.75, 3.05) is 7.05 Å². The van der Waals surface area contributed by atoms with Crippen LogP contribution in [0, 0.1) is 5.41 Å². The lowest BCUT2D eigenvalue weighted by molar-refractivity contribution is -0.0306. The van der Waals surface area contributed by atoms with Crippen LogP contribution in [0.25, 0.3) is 0 Å². The van der Waals surface area contributed by atoms with Gasteiger partial charge in [0.2, 0.25) is 0 Å². The summed E-state index contributed by atoms with van der Waals surface area (Å²) in [4.78, 5) is 2.23. The van der Waals surface area contributed by atoms with Gasteiger partial charge < -0.3 is 5.11 Å². The predicted molar refractivity (Wildman–Crippen MR) is 62.4 cm³/mol. The Balaban J connectivity index is 4.56. The molecule has 0 saturated heterocycles. The average Bonchev–Trinajstić information content (AvgIpc) is 1.97. The fourth-order valence-electron chi connectivity index (χ4n) is 1.55. The molecule has 1 N–H and O–H groups in total. The highest BCUT2D eigenvalue weighted by atomic mass is 16.3. The standard InChI is InChI=1S/C12H27NO/c1-9(10(14)11(2,3)4)13(8)12(5,6)7/h9-10,14H,1-8H3/t9-,10+/m0/s1. The number of hydrogen-bond donors (Lipinski definition) is 1. The van der Waals surface area contributed by atoms with E-state index in [1.165, 1.54) is 0 Å². The van der Waals surface area contributed by atoms with Crippen LogP contribution >= 0.6 is 0 Å². The molecular weight excluding hydrogens is 174 g/mol. The minimum atomic E-state index is -0.299. The molecule has 0 radical (unpaired) electrons. The zero-order chi connectivity index (χ0) is 11.7. The second kappa shape index (κ2) is 4.19. The van der Waals surface area contributed by atoms with Crippen molar-refractivity contribution in [1.82, 2.24) is 4.90 Å². The van der Waals surface area contributed by atoms with Crippen LogP contribution in [0.3, 0.4) is 0 Å². The van der Waals surface area contributed by atoms with Gasteiger partial charge in [-0.05, 0) is 40.2 Å². The number of aliphatic hydroxyl groups excluding tert-OH is 1. The van der Waals surface area contributed by atoms with E-state index < -0.39 is 0 Å². The molecule has 2 atom stereocenters. The molecule has 0 fully saturated rings. The first-order chi connectivity index (χ1) is 5.98. The molecular formula is C12H27NO. The molecule has 0 aromatic carbocycles. The number of likely N-dealkylation sites (N-methyl/N-ethyl adjacent to an activating group) is 1. The van der Waals surface area contributed by atoms with E-state index in [9.17, 15) is 5.11 Å². The molecule has 14 heavy (non-hydrogen) atoms. The predicted octanol–water partition coefficient (Wildman–Crippen LogP) is 2.51. The van der Waals surface area contributed by atoms with E-state index in [2.05, 4.69) is 60.4 Å².